The molecule has 0 amide bonds. The maximum absolute atomic E-state index is 15.0. The van der Waals surface area contributed by atoms with E-state index in [2.05, 4.69) is 6.92 Å². The lowest BCUT2D eigenvalue weighted by Gasteiger charge is -2.38. The first-order valence-corrected chi connectivity index (χ1v) is 14.5. The van der Waals surface area contributed by atoms with Gasteiger partial charge in [0.2, 0.25) is 5.82 Å². The van der Waals surface area contributed by atoms with Crippen LogP contribution in [0.25, 0.3) is 11.1 Å². The van der Waals surface area contributed by atoms with Crippen LogP contribution >= 0.6 is 0 Å². The van der Waals surface area contributed by atoms with Gasteiger partial charge in [-0.1, -0.05) is 44.7 Å². The lowest BCUT2D eigenvalue weighted by Crippen LogP contribution is -2.29. The Labute approximate surface area is 220 Å². The smallest absolute Gasteiger partial charge is 0.201 e. The van der Waals surface area contributed by atoms with Crippen LogP contribution in [0.15, 0.2) is 36.4 Å². The summed E-state index contributed by atoms with van der Waals surface area (Å²) in [6.07, 6.45) is 11.5. The van der Waals surface area contributed by atoms with Crippen molar-refractivity contribution in [2.75, 3.05) is 13.2 Å². The highest BCUT2D eigenvalue weighted by molar-refractivity contribution is 5.66. The zero-order chi connectivity index (χ0) is 26.2. The molecule has 2 aromatic rings. The lowest BCUT2D eigenvalue weighted by molar-refractivity contribution is 0.0950. The van der Waals surface area contributed by atoms with Crippen molar-refractivity contribution in [3.8, 4) is 22.6 Å². The second kappa shape index (κ2) is 13.6. The molecule has 2 aromatic carbocycles. The molecule has 2 saturated carbocycles. The van der Waals surface area contributed by atoms with Crippen molar-refractivity contribution in [1.82, 2.24) is 0 Å². The molecule has 0 aromatic heterocycles. The van der Waals surface area contributed by atoms with Crippen LogP contribution in [-0.2, 0) is 0 Å². The Bertz CT molecular complexity index is 961. The van der Waals surface area contributed by atoms with Crippen molar-refractivity contribution in [2.24, 2.45) is 23.7 Å². The van der Waals surface area contributed by atoms with Crippen LogP contribution < -0.4 is 9.47 Å². The normalized spacial score (nSPS) is 25.0. The second-order valence-electron chi connectivity index (χ2n) is 11.1. The molecule has 37 heavy (non-hydrogen) atoms. The fraction of sp³-hybridized carbons (Fsp3) is 0.625. The van der Waals surface area contributed by atoms with E-state index in [1.807, 2.05) is 6.92 Å². The zero-order valence-electron chi connectivity index (χ0n) is 22.5. The summed E-state index contributed by atoms with van der Waals surface area (Å²) in [5.41, 5.74) is 0.715. The molecule has 0 heterocycles. The van der Waals surface area contributed by atoms with Crippen molar-refractivity contribution in [3.05, 3.63) is 48.0 Å². The number of rotatable bonds is 11. The van der Waals surface area contributed by atoms with Crippen LogP contribution in [0.1, 0.15) is 84.5 Å². The first-order valence-electron chi connectivity index (χ1n) is 14.5. The highest BCUT2D eigenvalue weighted by atomic mass is 19.2. The lowest BCUT2D eigenvalue weighted by atomic mass is 9.68. The minimum Gasteiger partial charge on any atom is -0.494 e. The third-order valence-electron chi connectivity index (χ3n) is 8.76. The maximum Gasteiger partial charge on any atom is 0.201 e. The zero-order valence-corrected chi connectivity index (χ0v) is 22.5. The molecule has 0 saturated heterocycles. The van der Waals surface area contributed by atoms with Gasteiger partial charge in [0, 0.05) is 12.0 Å². The van der Waals surface area contributed by atoms with Gasteiger partial charge in [-0.2, -0.15) is 4.39 Å². The van der Waals surface area contributed by atoms with Crippen LogP contribution in [0.5, 0.6) is 11.5 Å². The summed E-state index contributed by atoms with van der Waals surface area (Å²) in [6, 6.07) is 9.79. The Balaban J connectivity index is 1.22. The molecule has 0 radical (unpaired) electrons. The Morgan fingerprint density at radius 2 is 1.43 bits per heavy atom. The molecule has 1 atom stereocenters. The van der Waals surface area contributed by atoms with Crippen LogP contribution in [-0.4, -0.2) is 19.4 Å². The monoisotopic (exact) mass is 516 g/mol. The van der Waals surface area contributed by atoms with Crippen LogP contribution in [0.2, 0.25) is 0 Å². The number of ether oxygens (including phenoxy) is 2. The largest absolute Gasteiger partial charge is 0.494 e. The Morgan fingerprint density at radius 1 is 0.784 bits per heavy atom. The Kier molecular flexibility index (Phi) is 10.2. The summed E-state index contributed by atoms with van der Waals surface area (Å²) < 4.78 is 55.3. The van der Waals surface area contributed by atoms with Gasteiger partial charge in [0.1, 0.15) is 11.9 Å². The van der Waals surface area contributed by atoms with Gasteiger partial charge in [-0.3, -0.25) is 0 Å². The van der Waals surface area contributed by atoms with E-state index in [1.165, 1.54) is 50.7 Å². The van der Waals surface area contributed by atoms with E-state index in [-0.39, 0.29) is 30.3 Å². The molecule has 2 aliphatic carbocycles. The average molecular weight is 517 g/mol. The minimum absolute atomic E-state index is 0.0430. The molecule has 1 unspecified atom stereocenters. The number of alkyl halides is 1. The predicted molar refractivity (Wildman–Crippen MR) is 144 cm³/mol. The molecule has 2 aliphatic rings. The summed E-state index contributed by atoms with van der Waals surface area (Å²) in [5, 5.41) is 0. The third-order valence-corrected chi connectivity index (χ3v) is 8.76. The van der Waals surface area contributed by atoms with Gasteiger partial charge < -0.3 is 9.47 Å². The molecule has 0 aliphatic heterocycles. The van der Waals surface area contributed by atoms with E-state index in [1.54, 1.807) is 24.3 Å². The van der Waals surface area contributed by atoms with E-state index < -0.39 is 17.8 Å². The highest BCUT2D eigenvalue weighted by Crippen LogP contribution is 2.43. The van der Waals surface area contributed by atoms with Crippen molar-refractivity contribution in [3.63, 3.8) is 0 Å². The fourth-order valence-corrected chi connectivity index (χ4v) is 6.62. The van der Waals surface area contributed by atoms with Crippen molar-refractivity contribution < 1.29 is 22.6 Å². The number of hydrogen-bond donors (Lipinski definition) is 0. The van der Waals surface area contributed by atoms with Crippen molar-refractivity contribution in [2.45, 2.75) is 90.6 Å². The van der Waals surface area contributed by atoms with Gasteiger partial charge in [-0.05, 0) is 98.9 Å². The third kappa shape index (κ3) is 7.23. The van der Waals surface area contributed by atoms with E-state index in [0.29, 0.717) is 17.9 Å². The first-order chi connectivity index (χ1) is 18.0. The summed E-state index contributed by atoms with van der Waals surface area (Å²) in [4.78, 5) is 0. The molecule has 2 nitrogen and oxygen atoms in total. The van der Waals surface area contributed by atoms with E-state index in [0.717, 1.165) is 43.4 Å². The van der Waals surface area contributed by atoms with Gasteiger partial charge in [0.25, 0.3) is 0 Å². The highest BCUT2D eigenvalue weighted by Gasteiger charge is 2.33. The number of halogens is 3. The molecule has 5 heteroatoms. The minimum atomic E-state index is -1.03. The van der Waals surface area contributed by atoms with Gasteiger partial charge >= 0.3 is 0 Å². The molecular weight excluding hydrogens is 473 g/mol. The summed E-state index contributed by atoms with van der Waals surface area (Å²) in [5.74, 6) is 1.09. The molecule has 0 spiro atoms. The Hall–Kier alpha value is -2.17. The molecule has 0 bridgehead atoms. The van der Waals surface area contributed by atoms with E-state index in [9.17, 15) is 13.2 Å². The number of hydrogen-bond acceptors (Lipinski definition) is 2. The van der Waals surface area contributed by atoms with E-state index >= 15 is 0 Å². The van der Waals surface area contributed by atoms with Crippen LogP contribution in [0.3, 0.4) is 0 Å². The summed E-state index contributed by atoms with van der Waals surface area (Å²) in [7, 11) is 0. The van der Waals surface area contributed by atoms with Gasteiger partial charge in [-0.25, -0.2) is 8.78 Å². The molecular formula is C32H43F3O2. The summed E-state index contributed by atoms with van der Waals surface area (Å²) >= 11 is 0. The number of benzene rings is 2. The quantitative estimate of drug-likeness (QED) is 0.296. The maximum atomic E-state index is 15.0. The SMILES string of the molecule is CCCC1CCC(C2CCC(C(F)CCOc3ccc(-c4ccc(OCC)cc4)c(F)c3F)CC2)CC1. The van der Waals surface area contributed by atoms with Crippen molar-refractivity contribution >= 4 is 0 Å². The van der Waals surface area contributed by atoms with Gasteiger partial charge in [-0.15, -0.1) is 0 Å². The second-order valence-corrected chi connectivity index (χ2v) is 11.1. The predicted octanol–water partition coefficient (Wildman–Crippen LogP) is 9.55. The Morgan fingerprint density at radius 3 is 2.05 bits per heavy atom. The van der Waals surface area contributed by atoms with Crippen LogP contribution in [0, 0.1) is 35.3 Å². The van der Waals surface area contributed by atoms with Crippen LogP contribution in [0.4, 0.5) is 13.2 Å². The fourth-order valence-electron chi connectivity index (χ4n) is 6.62. The standard InChI is InChI=1S/C32H43F3O2/c1-3-5-22-6-8-23(9-7-22)24-10-12-26(13-11-24)29(33)20-21-37-30-19-18-28(31(34)32(30)35)25-14-16-27(17-15-25)36-4-2/h14-19,22-24,26,29H,3-13,20-21H2,1-2H3. The van der Waals surface area contributed by atoms with Crippen molar-refractivity contribution in [1.29, 1.82) is 0 Å². The van der Waals surface area contributed by atoms with Gasteiger partial charge in [0.15, 0.2) is 11.6 Å². The molecule has 0 N–H and O–H groups in total. The van der Waals surface area contributed by atoms with Gasteiger partial charge in [0.05, 0.1) is 13.2 Å². The van der Waals surface area contributed by atoms with E-state index in [4.69, 9.17) is 9.47 Å². The topological polar surface area (TPSA) is 18.5 Å². The molecule has 4 rings (SSSR count). The molecule has 204 valence electrons. The first kappa shape index (κ1) is 27.9. The average Bonchev–Trinajstić information content (AvgIpc) is 2.92. The summed E-state index contributed by atoms with van der Waals surface area (Å²) in [6.45, 7) is 4.75. The molecule has 2 fully saturated rings.